The number of halogens is 2. The predicted molar refractivity (Wildman–Crippen MR) is 102 cm³/mol. The van der Waals surface area contributed by atoms with Crippen molar-refractivity contribution in [3.63, 3.8) is 0 Å². The van der Waals surface area contributed by atoms with Gasteiger partial charge in [0.2, 0.25) is 0 Å². The van der Waals surface area contributed by atoms with Crippen LogP contribution in [0.15, 0.2) is 48.8 Å². The van der Waals surface area contributed by atoms with Crippen molar-refractivity contribution in [2.75, 3.05) is 19.5 Å². The van der Waals surface area contributed by atoms with Crippen LogP contribution in [-0.4, -0.2) is 34.1 Å². The predicted octanol–water partition coefficient (Wildman–Crippen LogP) is 4.08. The van der Waals surface area contributed by atoms with Gasteiger partial charge < -0.3 is 10.1 Å². The van der Waals surface area contributed by atoms with Crippen molar-refractivity contribution in [3.05, 3.63) is 60.4 Å². The second-order valence-corrected chi connectivity index (χ2v) is 5.92. The van der Waals surface area contributed by atoms with E-state index in [2.05, 4.69) is 25.3 Å². The Morgan fingerprint density at radius 2 is 1.75 bits per heavy atom. The molecule has 0 spiro atoms. The number of hydrogen-bond acceptors (Lipinski definition) is 6. The van der Waals surface area contributed by atoms with Gasteiger partial charge in [0, 0.05) is 36.5 Å². The Hall–Kier alpha value is -3.68. The normalized spacial score (nSPS) is 10.9. The van der Waals surface area contributed by atoms with Gasteiger partial charge in [0.15, 0.2) is 11.6 Å². The van der Waals surface area contributed by atoms with Crippen LogP contribution in [0.1, 0.15) is 0 Å². The molecule has 0 fully saturated rings. The number of aromatic nitrogens is 4. The van der Waals surface area contributed by atoms with Gasteiger partial charge in [-0.2, -0.15) is 0 Å². The molecule has 2 aromatic heterocycles. The van der Waals surface area contributed by atoms with Crippen LogP contribution >= 0.6 is 0 Å². The number of benzene rings is 2. The Balaban J connectivity index is 1.98. The second kappa shape index (κ2) is 7.15. The number of ether oxygens (including phenoxy) is 1. The molecule has 0 aliphatic carbocycles. The van der Waals surface area contributed by atoms with E-state index in [4.69, 9.17) is 4.74 Å². The van der Waals surface area contributed by atoms with E-state index in [0.717, 1.165) is 6.07 Å². The standard InChI is InChI=1S/C20H15F2N5O/c1-23-18-14-8-11(13-5-4-12(21)10-15(13)22)9-16(28-2)17(14)26-20(27-18)19-24-6-3-7-25-19/h3-10H,1-2H3,(H,23,26,27). The fourth-order valence-electron chi connectivity index (χ4n) is 2.94. The number of rotatable bonds is 4. The molecule has 0 radical (unpaired) electrons. The van der Waals surface area contributed by atoms with Crippen LogP contribution < -0.4 is 10.1 Å². The lowest BCUT2D eigenvalue weighted by Crippen LogP contribution is -2.02. The molecule has 0 saturated carbocycles. The van der Waals surface area contributed by atoms with Gasteiger partial charge in [-0.15, -0.1) is 0 Å². The number of fused-ring (bicyclic) bond motifs is 1. The lowest BCUT2D eigenvalue weighted by molar-refractivity contribution is 0.419. The van der Waals surface area contributed by atoms with E-state index in [1.54, 1.807) is 37.6 Å². The first-order valence-corrected chi connectivity index (χ1v) is 8.41. The van der Waals surface area contributed by atoms with Crippen molar-refractivity contribution < 1.29 is 13.5 Å². The largest absolute Gasteiger partial charge is 0.494 e. The quantitative estimate of drug-likeness (QED) is 0.576. The third kappa shape index (κ3) is 3.09. The average molecular weight is 379 g/mol. The Morgan fingerprint density at radius 1 is 0.964 bits per heavy atom. The number of anilines is 1. The lowest BCUT2D eigenvalue weighted by atomic mass is 10.0. The maximum Gasteiger partial charge on any atom is 0.200 e. The van der Waals surface area contributed by atoms with Gasteiger partial charge >= 0.3 is 0 Å². The first-order chi connectivity index (χ1) is 13.6. The summed E-state index contributed by atoms with van der Waals surface area (Å²) < 4.78 is 33.1. The van der Waals surface area contributed by atoms with Crippen molar-refractivity contribution >= 4 is 16.7 Å². The molecule has 0 bridgehead atoms. The van der Waals surface area contributed by atoms with Crippen LogP contribution in [0.3, 0.4) is 0 Å². The topological polar surface area (TPSA) is 72.8 Å². The Bertz CT molecular complexity index is 1170. The maximum atomic E-state index is 14.3. The van der Waals surface area contributed by atoms with Crippen LogP contribution in [0, 0.1) is 11.6 Å². The van der Waals surface area contributed by atoms with E-state index in [0.29, 0.717) is 39.7 Å². The van der Waals surface area contributed by atoms with Gasteiger partial charge in [-0.1, -0.05) is 0 Å². The van der Waals surface area contributed by atoms with Crippen molar-refractivity contribution in [3.8, 4) is 28.5 Å². The fourth-order valence-corrected chi connectivity index (χ4v) is 2.94. The summed E-state index contributed by atoms with van der Waals surface area (Å²) in [6.45, 7) is 0. The van der Waals surface area contributed by atoms with E-state index in [1.807, 2.05) is 0 Å². The average Bonchev–Trinajstić information content (AvgIpc) is 2.72. The van der Waals surface area contributed by atoms with E-state index in [-0.39, 0.29) is 5.56 Å². The van der Waals surface area contributed by atoms with Gasteiger partial charge in [-0.25, -0.2) is 28.7 Å². The number of nitrogens with one attached hydrogen (secondary N) is 1. The first kappa shape index (κ1) is 17.7. The zero-order valence-electron chi connectivity index (χ0n) is 15.1. The minimum atomic E-state index is -0.664. The summed E-state index contributed by atoms with van der Waals surface area (Å²) in [4.78, 5) is 17.4. The monoisotopic (exact) mass is 379 g/mol. The molecule has 0 amide bonds. The number of hydrogen-bond donors (Lipinski definition) is 1. The molecule has 4 rings (SSSR count). The number of methoxy groups -OCH3 is 1. The molecule has 0 saturated heterocycles. The van der Waals surface area contributed by atoms with E-state index in [1.165, 1.54) is 19.2 Å². The summed E-state index contributed by atoms with van der Waals surface area (Å²) in [5, 5.41) is 3.64. The van der Waals surface area contributed by atoms with Crippen LogP contribution in [0.4, 0.5) is 14.6 Å². The fraction of sp³-hybridized carbons (Fsp3) is 0.100. The van der Waals surface area contributed by atoms with Gasteiger partial charge in [0.1, 0.15) is 28.7 Å². The first-order valence-electron chi connectivity index (χ1n) is 8.41. The molecule has 28 heavy (non-hydrogen) atoms. The lowest BCUT2D eigenvalue weighted by Gasteiger charge is -2.13. The van der Waals surface area contributed by atoms with Crippen molar-refractivity contribution in [2.24, 2.45) is 0 Å². The highest BCUT2D eigenvalue weighted by Gasteiger charge is 2.17. The Kier molecular flexibility index (Phi) is 4.52. The van der Waals surface area contributed by atoms with Crippen molar-refractivity contribution in [1.29, 1.82) is 0 Å². The third-order valence-electron chi connectivity index (χ3n) is 4.23. The van der Waals surface area contributed by atoms with E-state index in [9.17, 15) is 8.78 Å². The summed E-state index contributed by atoms with van der Waals surface area (Å²) in [6, 6.07) is 8.53. The highest BCUT2D eigenvalue weighted by atomic mass is 19.1. The summed E-state index contributed by atoms with van der Waals surface area (Å²) in [6.07, 6.45) is 3.21. The van der Waals surface area contributed by atoms with Gasteiger partial charge in [-0.3, -0.25) is 0 Å². The van der Waals surface area contributed by atoms with Crippen molar-refractivity contribution in [1.82, 2.24) is 19.9 Å². The molecule has 4 aromatic rings. The minimum Gasteiger partial charge on any atom is -0.494 e. The summed E-state index contributed by atoms with van der Waals surface area (Å²) in [5.74, 6) is 0.332. The van der Waals surface area contributed by atoms with Gasteiger partial charge in [-0.05, 0) is 35.9 Å². The third-order valence-corrected chi connectivity index (χ3v) is 4.23. The van der Waals surface area contributed by atoms with Gasteiger partial charge in [0.05, 0.1) is 7.11 Å². The molecule has 8 heteroatoms. The zero-order valence-corrected chi connectivity index (χ0v) is 15.1. The Labute approximate surface area is 159 Å². The summed E-state index contributed by atoms with van der Waals surface area (Å²) in [7, 11) is 3.22. The molecule has 1 N–H and O–H groups in total. The molecule has 0 aliphatic heterocycles. The van der Waals surface area contributed by atoms with Crippen molar-refractivity contribution in [2.45, 2.75) is 0 Å². The molecule has 2 aromatic carbocycles. The summed E-state index contributed by atoms with van der Waals surface area (Å²) >= 11 is 0. The molecule has 0 atom stereocenters. The molecule has 6 nitrogen and oxygen atoms in total. The number of nitrogens with zero attached hydrogens (tertiary/aromatic N) is 4. The molecule has 0 aliphatic rings. The second-order valence-electron chi connectivity index (χ2n) is 5.92. The van der Waals surface area contributed by atoms with E-state index < -0.39 is 11.6 Å². The Morgan fingerprint density at radius 3 is 2.43 bits per heavy atom. The molecule has 140 valence electrons. The highest BCUT2D eigenvalue weighted by molar-refractivity contribution is 5.97. The zero-order chi connectivity index (χ0) is 19.7. The van der Waals surface area contributed by atoms with Crippen LogP contribution in [-0.2, 0) is 0 Å². The molecule has 0 unspecified atom stereocenters. The van der Waals surface area contributed by atoms with E-state index >= 15 is 0 Å². The molecular weight excluding hydrogens is 364 g/mol. The molecule has 2 heterocycles. The van der Waals surface area contributed by atoms with Crippen LogP contribution in [0.2, 0.25) is 0 Å². The van der Waals surface area contributed by atoms with Crippen LogP contribution in [0.5, 0.6) is 5.75 Å². The highest BCUT2D eigenvalue weighted by Crippen LogP contribution is 2.36. The minimum absolute atomic E-state index is 0.249. The maximum absolute atomic E-state index is 14.3. The summed E-state index contributed by atoms with van der Waals surface area (Å²) in [5.41, 5.74) is 1.29. The molecular formula is C20H15F2N5O. The van der Waals surface area contributed by atoms with Gasteiger partial charge in [0.25, 0.3) is 0 Å². The SMILES string of the molecule is CNc1nc(-c2ncccn2)nc2c(OC)cc(-c3ccc(F)cc3F)cc12. The van der Waals surface area contributed by atoms with Crippen LogP contribution in [0.25, 0.3) is 33.7 Å². The smallest absolute Gasteiger partial charge is 0.200 e.